The van der Waals surface area contributed by atoms with Crippen molar-refractivity contribution in [3.8, 4) is 0 Å². The van der Waals surface area contributed by atoms with E-state index in [4.69, 9.17) is 4.84 Å². The Morgan fingerprint density at radius 3 is 2.23 bits per heavy atom. The van der Waals surface area contributed by atoms with E-state index in [-0.39, 0.29) is 11.1 Å². The van der Waals surface area contributed by atoms with Gasteiger partial charge in [0, 0.05) is 5.39 Å². The highest BCUT2D eigenvalue weighted by Gasteiger charge is 2.38. The molecule has 8 nitrogen and oxygen atoms in total. The zero-order chi connectivity index (χ0) is 18.3. The molecule has 128 valence electrons. The van der Waals surface area contributed by atoms with E-state index in [1.165, 1.54) is 18.3 Å². The van der Waals surface area contributed by atoms with Gasteiger partial charge in [0.05, 0.1) is 22.7 Å². The number of rotatable bonds is 3. The van der Waals surface area contributed by atoms with Gasteiger partial charge >= 0.3 is 5.97 Å². The summed E-state index contributed by atoms with van der Waals surface area (Å²) < 4.78 is 0.919. The Kier molecular flexibility index (Phi) is 3.58. The molecule has 26 heavy (non-hydrogen) atoms. The quantitative estimate of drug-likeness (QED) is 0.658. The molecule has 0 atom stereocenters. The Balaban J connectivity index is 1.56. The van der Waals surface area contributed by atoms with Crippen molar-refractivity contribution < 1.29 is 19.2 Å². The van der Waals surface area contributed by atoms with Crippen LogP contribution in [0.2, 0.25) is 0 Å². The minimum atomic E-state index is -0.954. The number of imide groups is 1. The van der Waals surface area contributed by atoms with E-state index in [1.807, 2.05) is 0 Å². The summed E-state index contributed by atoms with van der Waals surface area (Å²) in [6, 6.07) is 13.0. The summed E-state index contributed by atoms with van der Waals surface area (Å²) >= 11 is 0. The Morgan fingerprint density at radius 2 is 1.54 bits per heavy atom. The Bertz CT molecular complexity index is 1100. The molecule has 0 aliphatic carbocycles. The summed E-state index contributed by atoms with van der Waals surface area (Å²) in [5, 5.41) is 5.36. The first-order valence-corrected chi connectivity index (χ1v) is 7.70. The van der Waals surface area contributed by atoms with E-state index < -0.39 is 29.9 Å². The smallest absolute Gasteiger partial charge is 0.328 e. The highest BCUT2D eigenvalue weighted by Crippen LogP contribution is 2.22. The lowest BCUT2D eigenvalue weighted by Gasteiger charge is -2.13. The van der Waals surface area contributed by atoms with Gasteiger partial charge in [-0.25, -0.2) is 9.48 Å². The predicted molar refractivity (Wildman–Crippen MR) is 89.0 cm³/mol. The summed E-state index contributed by atoms with van der Waals surface area (Å²) in [6.45, 7) is -0.531. The third kappa shape index (κ3) is 2.44. The number of benzene rings is 2. The van der Waals surface area contributed by atoms with E-state index in [2.05, 4.69) is 5.10 Å². The van der Waals surface area contributed by atoms with E-state index in [1.54, 1.807) is 36.4 Å². The molecule has 0 unspecified atom stereocenters. The van der Waals surface area contributed by atoms with Gasteiger partial charge in [0.2, 0.25) is 0 Å². The van der Waals surface area contributed by atoms with Gasteiger partial charge in [0.15, 0.2) is 0 Å². The monoisotopic (exact) mass is 349 g/mol. The van der Waals surface area contributed by atoms with Gasteiger partial charge in [-0.1, -0.05) is 35.4 Å². The number of hydroxylamine groups is 2. The number of hydrogen-bond acceptors (Lipinski definition) is 6. The van der Waals surface area contributed by atoms with Crippen molar-refractivity contribution in [3.63, 3.8) is 0 Å². The van der Waals surface area contributed by atoms with Crippen molar-refractivity contribution in [1.82, 2.24) is 14.8 Å². The molecule has 8 heteroatoms. The number of aromatic nitrogens is 2. The van der Waals surface area contributed by atoms with Gasteiger partial charge in [-0.2, -0.15) is 5.10 Å². The van der Waals surface area contributed by atoms with Gasteiger partial charge < -0.3 is 4.84 Å². The molecule has 3 aromatic rings. The minimum Gasteiger partial charge on any atom is -0.328 e. The second-order valence-electron chi connectivity index (χ2n) is 5.61. The van der Waals surface area contributed by atoms with Crippen LogP contribution in [0, 0.1) is 0 Å². The Hall–Kier alpha value is -3.81. The van der Waals surface area contributed by atoms with Crippen LogP contribution < -0.4 is 5.56 Å². The lowest BCUT2D eigenvalue weighted by atomic mass is 10.1. The number of amides is 2. The van der Waals surface area contributed by atoms with Crippen molar-refractivity contribution in [3.05, 3.63) is 76.2 Å². The molecule has 4 rings (SSSR count). The summed E-state index contributed by atoms with van der Waals surface area (Å²) in [7, 11) is 0. The highest BCUT2D eigenvalue weighted by molar-refractivity contribution is 6.20. The first kappa shape index (κ1) is 15.7. The second kappa shape index (κ2) is 5.92. The maximum absolute atomic E-state index is 12.4. The number of carbonyl (C=O) groups excluding carboxylic acids is 3. The van der Waals surface area contributed by atoms with Crippen LogP contribution in [0.3, 0.4) is 0 Å². The minimum absolute atomic E-state index is 0.159. The molecule has 0 N–H and O–H groups in total. The Morgan fingerprint density at radius 1 is 0.923 bits per heavy atom. The lowest BCUT2D eigenvalue weighted by Crippen LogP contribution is -2.36. The van der Waals surface area contributed by atoms with Crippen LogP contribution in [0.15, 0.2) is 59.5 Å². The molecule has 2 amide bonds. The first-order valence-electron chi connectivity index (χ1n) is 7.70. The molecular formula is C18H11N3O5. The maximum atomic E-state index is 12.4. The van der Waals surface area contributed by atoms with E-state index >= 15 is 0 Å². The average molecular weight is 349 g/mol. The summed E-state index contributed by atoms with van der Waals surface area (Å²) in [6.07, 6.45) is 1.45. The third-order valence-corrected chi connectivity index (χ3v) is 3.99. The van der Waals surface area contributed by atoms with Crippen molar-refractivity contribution in [2.45, 2.75) is 6.54 Å². The summed E-state index contributed by atoms with van der Waals surface area (Å²) in [4.78, 5) is 53.7. The molecule has 0 fully saturated rings. The van der Waals surface area contributed by atoms with Crippen LogP contribution >= 0.6 is 0 Å². The highest BCUT2D eigenvalue weighted by atomic mass is 16.7. The van der Waals surface area contributed by atoms with Gasteiger partial charge in [-0.3, -0.25) is 14.4 Å². The zero-order valence-corrected chi connectivity index (χ0v) is 13.3. The molecule has 0 spiro atoms. The van der Waals surface area contributed by atoms with Crippen molar-refractivity contribution >= 4 is 28.6 Å². The number of fused-ring (bicyclic) bond motifs is 2. The van der Waals surface area contributed by atoms with E-state index in [9.17, 15) is 19.2 Å². The standard InChI is InChI=1S/C18H11N3O5/c22-15(10-20-16(23)12-6-2-1-5-11(12)9-19-20)26-21-17(24)13-7-3-4-8-14(13)18(21)25/h1-9H,10H2. The third-order valence-electron chi connectivity index (χ3n) is 3.99. The van der Waals surface area contributed by atoms with Crippen LogP contribution in [0.4, 0.5) is 0 Å². The molecule has 0 saturated heterocycles. The molecule has 2 heterocycles. The normalized spacial score (nSPS) is 13.2. The van der Waals surface area contributed by atoms with Gasteiger partial charge in [-0.05, 0) is 18.2 Å². The number of hydrogen-bond donors (Lipinski definition) is 0. The van der Waals surface area contributed by atoms with Crippen LogP contribution in [-0.4, -0.2) is 32.6 Å². The molecule has 1 aromatic heterocycles. The van der Waals surface area contributed by atoms with Crippen LogP contribution in [0.1, 0.15) is 20.7 Å². The van der Waals surface area contributed by atoms with Gasteiger partial charge in [-0.15, -0.1) is 0 Å². The maximum Gasteiger partial charge on any atom is 0.354 e. The number of carbonyl (C=O) groups is 3. The van der Waals surface area contributed by atoms with E-state index in [0.717, 1.165) is 4.68 Å². The molecular weight excluding hydrogens is 338 g/mol. The van der Waals surface area contributed by atoms with Crippen LogP contribution in [0.25, 0.3) is 10.8 Å². The van der Waals surface area contributed by atoms with Gasteiger partial charge in [0.25, 0.3) is 17.4 Å². The second-order valence-corrected chi connectivity index (χ2v) is 5.61. The molecule has 2 aromatic carbocycles. The first-order chi connectivity index (χ1) is 12.6. The van der Waals surface area contributed by atoms with E-state index in [0.29, 0.717) is 15.8 Å². The average Bonchev–Trinajstić information content (AvgIpc) is 2.89. The fraction of sp³-hybridized carbons (Fsp3) is 0.0556. The summed E-state index contributed by atoms with van der Waals surface area (Å²) in [5.41, 5.74) is -0.153. The predicted octanol–water partition coefficient (Wildman–Crippen LogP) is 1.15. The molecule has 0 bridgehead atoms. The molecule has 0 saturated carbocycles. The number of nitrogens with zero attached hydrogens (tertiary/aromatic N) is 3. The Labute approximate surface area is 146 Å². The van der Waals surface area contributed by atoms with Crippen molar-refractivity contribution in [1.29, 1.82) is 0 Å². The van der Waals surface area contributed by atoms with Crippen LogP contribution in [0.5, 0.6) is 0 Å². The van der Waals surface area contributed by atoms with Gasteiger partial charge in [0.1, 0.15) is 6.54 Å². The topological polar surface area (TPSA) is 98.6 Å². The van der Waals surface area contributed by atoms with Crippen molar-refractivity contribution in [2.24, 2.45) is 0 Å². The lowest BCUT2D eigenvalue weighted by molar-refractivity contribution is -0.169. The fourth-order valence-electron chi connectivity index (χ4n) is 2.74. The molecule has 1 aliphatic heterocycles. The van der Waals surface area contributed by atoms with Crippen LogP contribution in [-0.2, 0) is 16.2 Å². The SMILES string of the molecule is O=C(Cn1ncc2ccccc2c1=O)ON1C(=O)c2ccccc2C1=O. The van der Waals surface area contributed by atoms with Crippen molar-refractivity contribution in [2.75, 3.05) is 0 Å². The fourth-order valence-corrected chi connectivity index (χ4v) is 2.74. The molecule has 1 aliphatic rings. The molecule has 0 radical (unpaired) electrons. The summed E-state index contributed by atoms with van der Waals surface area (Å²) in [5.74, 6) is -2.40. The zero-order valence-electron chi connectivity index (χ0n) is 13.3. The largest absolute Gasteiger partial charge is 0.354 e.